The number of aromatic nitrogens is 1. The van der Waals surface area contributed by atoms with Crippen LogP contribution in [0.1, 0.15) is 22.8 Å². The van der Waals surface area contributed by atoms with Crippen LogP contribution in [0.5, 0.6) is 0 Å². The molecule has 1 N–H and O–H groups in total. The molecule has 0 unspecified atom stereocenters. The second-order valence-corrected chi connectivity index (χ2v) is 4.81. The molecule has 0 saturated heterocycles. The maximum atomic E-state index is 11.1. The zero-order valence-electron chi connectivity index (χ0n) is 11.3. The average Bonchev–Trinajstić information content (AvgIpc) is 2.47. The third-order valence-electron chi connectivity index (χ3n) is 3.15. The lowest BCUT2D eigenvalue weighted by molar-refractivity contribution is 0.0697. The highest BCUT2D eigenvalue weighted by atomic mass is 35.5. The zero-order valence-corrected chi connectivity index (χ0v) is 12.1. The SMILES string of the molecule is CCc1ccc(N(C)c2cc(C(=O)O)c(Cl)cn2)cc1. The fourth-order valence-corrected chi connectivity index (χ4v) is 2.05. The summed E-state index contributed by atoms with van der Waals surface area (Å²) >= 11 is 5.82. The lowest BCUT2D eigenvalue weighted by Gasteiger charge is -2.19. The second-order valence-electron chi connectivity index (χ2n) is 4.41. The third kappa shape index (κ3) is 2.91. The van der Waals surface area contributed by atoms with E-state index in [2.05, 4.69) is 11.9 Å². The highest BCUT2D eigenvalue weighted by Crippen LogP contribution is 2.25. The fourth-order valence-electron chi connectivity index (χ4n) is 1.86. The number of nitrogens with zero attached hydrogens (tertiary/aromatic N) is 2. The molecule has 0 saturated carbocycles. The summed E-state index contributed by atoms with van der Waals surface area (Å²) in [6, 6.07) is 9.52. The summed E-state index contributed by atoms with van der Waals surface area (Å²) in [5.41, 5.74) is 2.24. The van der Waals surface area contributed by atoms with Crippen molar-refractivity contribution in [2.24, 2.45) is 0 Å². The molecule has 2 rings (SSSR count). The first kappa shape index (κ1) is 14.3. The van der Waals surface area contributed by atoms with Gasteiger partial charge in [-0.2, -0.15) is 0 Å². The van der Waals surface area contributed by atoms with E-state index in [1.165, 1.54) is 17.8 Å². The summed E-state index contributed by atoms with van der Waals surface area (Å²) in [4.78, 5) is 17.1. The van der Waals surface area contributed by atoms with Crippen molar-refractivity contribution < 1.29 is 9.90 Å². The van der Waals surface area contributed by atoms with Gasteiger partial charge in [0.2, 0.25) is 0 Å². The maximum absolute atomic E-state index is 11.1. The van der Waals surface area contributed by atoms with Crippen LogP contribution in [0, 0.1) is 0 Å². The van der Waals surface area contributed by atoms with Crippen LogP contribution in [-0.4, -0.2) is 23.1 Å². The van der Waals surface area contributed by atoms with E-state index >= 15 is 0 Å². The Hall–Kier alpha value is -2.07. The largest absolute Gasteiger partial charge is 0.478 e. The Kier molecular flexibility index (Phi) is 4.25. The Labute approximate surface area is 122 Å². The van der Waals surface area contributed by atoms with Crippen LogP contribution >= 0.6 is 11.6 Å². The molecule has 0 aliphatic heterocycles. The van der Waals surface area contributed by atoms with Gasteiger partial charge in [-0.15, -0.1) is 0 Å². The van der Waals surface area contributed by atoms with Crippen molar-refractivity contribution in [3.63, 3.8) is 0 Å². The number of aromatic carboxylic acids is 1. The molecule has 104 valence electrons. The Bertz CT molecular complexity index is 626. The highest BCUT2D eigenvalue weighted by molar-refractivity contribution is 6.33. The predicted molar refractivity (Wildman–Crippen MR) is 80.1 cm³/mol. The van der Waals surface area contributed by atoms with Gasteiger partial charge >= 0.3 is 5.97 Å². The molecular weight excluding hydrogens is 276 g/mol. The number of anilines is 2. The van der Waals surface area contributed by atoms with Gasteiger partial charge in [0.15, 0.2) is 0 Å². The molecule has 1 heterocycles. The van der Waals surface area contributed by atoms with Crippen molar-refractivity contribution in [3.05, 3.63) is 52.7 Å². The molecule has 0 aliphatic rings. The number of aryl methyl sites for hydroxylation is 1. The molecule has 1 aromatic carbocycles. The van der Waals surface area contributed by atoms with Crippen LogP contribution in [0.2, 0.25) is 5.02 Å². The predicted octanol–water partition coefficient (Wildman–Crippen LogP) is 3.76. The van der Waals surface area contributed by atoms with E-state index in [1.54, 1.807) is 0 Å². The number of carboxylic acid groups (broad SMARTS) is 1. The summed E-state index contributed by atoms with van der Waals surface area (Å²) in [6.07, 6.45) is 2.34. The fraction of sp³-hybridized carbons (Fsp3) is 0.200. The number of hydrogen-bond acceptors (Lipinski definition) is 3. The molecule has 0 aliphatic carbocycles. The molecule has 0 fully saturated rings. The molecule has 4 nitrogen and oxygen atoms in total. The second kappa shape index (κ2) is 5.92. The van der Waals surface area contributed by atoms with Gasteiger partial charge in [-0.3, -0.25) is 0 Å². The lowest BCUT2D eigenvalue weighted by atomic mass is 10.1. The van der Waals surface area contributed by atoms with Crippen molar-refractivity contribution in [3.8, 4) is 0 Å². The molecule has 0 radical (unpaired) electrons. The van der Waals surface area contributed by atoms with Gasteiger partial charge in [0.25, 0.3) is 0 Å². The molecule has 0 amide bonds. The van der Waals surface area contributed by atoms with E-state index in [9.17, 15) is 4.79 Å². The molecule has 2 aromatic rings. The summed E-state index contributed by atoms with van der Waals surface area (Å²) in [5, 5.41) is 9.22. The molecule has 0 bridgehead atoms. The number of benzene rings is 1. The van der Waals surface area contributed by atoms with Crippen molar-refractivity contribution in [1.82, 2.24) is 4.98 Å². The number of halogens is 1. The van der Waals surface area contributed by atoms with Gasteiger partial charge in [0, 0.05) is 18.9 Å². The number of hydrogen-bond donors (Lipinski definition) is 1. The van der Waals surface area contributed by atoms with Crippen molar-refractivity contribution in [1.29, 1.82) is 0 Å². The van der Waals surface area contributed by atoms with Gasteiger partial charge in [-0.05, 0) is 30.2 Å². The minimum Gasteiger partial charge on any atom is -0.478 e. The Morgan fingerprint density at radius 1 is 1.35 bits per heavy atom. The van der Waals surface area contributed by atoms with Gasteiger partial charge in [-0.25, -0.2) is 9.78 Å². The normalized spacial score (nSPS) is 10.3. The van der Waals surface area contributed by atoms with Crippen LogP contribution in [0.4, 0.5) is 11.5 Å². The molecular formula is C15H15ClN2O2. The van der Waals surface area contributed by atoms with Crippen LogP contribution in [-0.2, 0) is 6.42 Å². The third-order valence-corrected chi connectivity index (χ3v) is 3.45. The van der Waals surface area contributed by atoms with Gasteiger partial charge in [-0.1, -0.05) is 30.7 Å². The summed E-state index contributed by atoms with van der Waals surface area (Å²) < 4.78 is 0. The van der Waals surface area contributed by atoms with Crippen LogP contribution < -0.4 is 4.90 Å². The molecule has 20 heavy (non-hydrogen) atoms. The van der Waals surface area contributed by atoms with E-state index in [1.807, 2.05) is 36.2 Å². The first-order valence-electron chi connectivity index (χ1n) is 6.24. The minimum atomic E-state index is -1.06. The molecule has 0 atom stereocenters. The Morgan fingerprint density at radius 3 is 2.55 bits per heavy atom. The van der Waals surface area contributed by atoms with Crippen LogP contribution in [0.3, 0.4) is 0 Å². The van der Waals surface area contributed by atoms with E-state index < -0.39 is 5.97 Å². The van der Waals surface area contributed by atoms with E-state index in [0.29, 0.717) is 5.82 Å². The van der Waals surface area contributed by atoms with Crippen molar-refractivity contribution >= 4 is 29.1 Å². The summed E-state index contributed by atoms with van der Waals surface area (Å²) in [6.45, 7) is 2.10. The van der Waals surface area contributed by atoms with E-state index in [4.69, 9.17) is 16.7 Å². The Balaban J connectivity index is 2.34. The van der Waals surface area contributed by atoms with Crippen molar-refractivity contribution in [2.45, 2.75) is 13.3 Å². The smallest absolute Gasteiger partial charge is 0.337 e. The molecule has 1 aromatic heterocycles. The first-order chi connectivity index (χ1) is 9.52. The number of rotatable bonds is 4. The molecule has 0 spiro atoms. The summed E-state index contributed by atoms with van der Waals surface area (Å²) in [7, 11) is 1.84. The quantitative estimate of drug-likeness (QED) is 0.931. The molecule has 5 heteroatoms. The van der Waals surface area contributed by atoms with Gasteiger partial charge in [0.1, 0.15) is 5.82 Å². The monoisotopic (exact) mass is 290 g/mol. The maximum Gasteiger partial charge on any atom is 0.337 e. The standard InChI is InChI=1S/C15H15ClN2O2/c1-3-10-4-6-11(7-5-10)18(2)14-8-12(15(19)20)13(16)9-17-14/h4-9H,3H2,1-2H3,(H,19,20). The van der Waals surface area contributed by atoms with E-state index in [-0.39, 0.29) is 10.6 Å². The van der Waals surface area contributed by atoms with Crippen molar-refractivity contribution in [2.75, 3.05) is 11.9 Å². The lowest BCUT2D eigenvalue weighted by Crippen LogP contribution is -2.12. The Morgan fingerprint density at radius 2 is 2.00 bits per heavy atom. The number of carboxylic acids is 1. The first-order valence-corrected chi connectivity index (χ1v) is 6.62. The van der Waals surface area contributed by atoms with Gasteiger partial charge in [0.05, 0.1) is 10.6 Å². The number of carbonyl (C=O) groups is 1. The topological polar surface area (TPSA) is 53.4 Å². The minimum absolute atomic E-state index is 0.0497. The van der Waals surface area contributed by atoms with Gasteiger partial charge < -0.3 is 10.0 Å². The van der Waals surface area contributed by atoms with Crippen LogP contribution in [0.25, 0.3) is 0 Å². The van der Waals surface area contributed by atoms with E-state index in [0.717, 1.165) is 12.1 Å². The van der Waals surface area contributed by atoms with Crippen LogP contribution in [0.15, 0.2) is 36.5 Å². The zero-order chi connectivity index (χ0) is 14.7. The summed E-state index contributed by atoms with van der Waals surface area (Å²) in [5.74, 6) is -0.524. The average molecular weight is 291 g/mol. The number of pyridine rings is 1. The highest BCUT2D eigenvalue weighted by Gasteiger charge is 2.13.